The van der Waals surface area contributed by atoms with Crippen molar-refractivity contribution in [3.63, 3.8) is 0 Å². The van der Waals surface area contributed by atoms with Crippen LogP contribution >= 0.6 is 0 Å². The van der Waals surface area contributed by atoms with Crippen molar-refractivity contribution in [2.75, 3.05) is 30.0 Å². The number of anilines is 3. The fraction of sp³-hybridized carbons (Fsp3) is 0.133. The Morgan fingerprint density at radius 3 is 2.37 bits per heavy atom. The van der Waals surface area contributed by atoms with Crippen LogP contribution in [0.1, 0.15) is 10.4 Å². The lowest BCUT2D eigenvalue weighted by atomic mass is 10.1. The highest BCUT2D eigenvalue weighted by Crippen LogP contribution is 2.24. The number of carbonyl (C=O) groups is 1. The van der Waals surface area contributed by atoms with Gasteiger partial charge in [0.05, 0.1) is 16.9 Å². The van der Waals surface area contributed by atoms with Gasteiger partial charge in [-0.05, 0) is 24.3 Å². The second-order valence-corrected chi connectivity index (χ2v) is 4.45. The topological polar surface area (TPSA) is 58.4 Å². The summed E-state index contributed by atoms with van der Waals surface area (Å²) in [4.78, 5) is 14.1. The summed E-state index contributed by atoms with van der Waals surface area (Å²) in [6.45, 7) is 0. The molecule has 0 aliphatic heterocycles. The molecule has 2 rings (SSSR count). The van der Waals surface area contributed by atoms with Gasteiger partial charge < -0.3 is 16.0 Å². The number of nitrogens with two attached hydrogens (primary N) is 1. The molecule has 0 saturated heterocycles. The maximum Gasteiger partial charge on any atom is 0.257 e. The van der Waals surface area contributed by atoms with E-state index in [1.54, 1.807) is 24.3 Å². The molecule has 0 aromatic heterocycles. The van der Waals surface area contributed by atoms with Crippen molar-refractivity contribution in [1.29, 1.82) is 0 Å². The Kier molecular flexibility index (Phi) is 3.71. The molecular weight excluding hydrogens is 238 g/mol. The van der Waals surface area contributed by atoms with Crippen LogP contribution in [0.5, 0.6) is 0 Å². The average molecular weight is 255 g/mol. The smallest absolute Gasteiger partial charge is 0.257 e. The van der Waals surface area contributed by atoms with Crippen LogP contribution in [0.3, 0.4) is 0 Å². The monoisotopic (exact) mass is 255 g/mol. The van der Waals surface area contributed by atoms with E-state index in [0.717, 1.165) is 11.4 Å². The molecule has 0 saturated carbocycles. The van der Waals surface area contributed by atoms with Gasteiger partial charge in [-0.25, -0.2) is 0 Å². The molecule has 0 unspecified atom stereocenters. The van der Waals surface area contributed by atoms with Crippen molar-refractivity contribution in [1.82, 2.24) is 0 Å². The van der Waals surface area contributed by atoms with Crippen molar-refractivity contribution < 1.29 is 4.79 Å². The van der Waals surface area contributed by atoms with Gasteiger partial charge in [0, 0.05) is 19.8 Å². The molecular formula is C15H17N3O. The number of nitrogens with zero attached hydrogens (tertiary/aromatic N) is 1. The molecule has 2 aromatic rings. The van der Waals surface area contributed by atoms with Gasteiger partial charge >= 0.3 is 0 Å². The molecule has 0 atom stereocenters. The molecule has 3 N–H and O–H groups in total. The van der Waals surface area contributed by atoms with E-state index in [1.165, 1.54) is 0 Å². The van der Waals surface area contributed by atoms with E-state index in [4.69, 9.17) is 5.73 Å². The first-order chi connectivity index (χ1) is 9.09. The Hall–Kier alpha value is -2.49. The highest BCUT2D eigenvalue weighted by atomic mass is 16.1. The van der Waals surface area contributed by atoms with Crippen LogP contribution in [0.2, 0.25) is 0 Å². The van der Waals surface area contributed by atoms with Gasteiger partial charge in [0.25, 0.3) is 5.91 Å². The van der Waals surface area contributed by atoms with Gasteiger partial charge in [-0.15, -0.1) is 0 Å². The van der Waals surface area contributed by atoms with Crippen LogP contribution in [-0.4, -0.2) is 20.0 Å². The van der Waals surface area contributed by atoms with Gasteiger partial charge in [0.2, 0.25) is 0 Å². The van der Waals surface area contributed by atoms with Crippen LogP contribution in [0.4, 0.5) is 17.1 Å². The Morgan fingerprint density at radius 2 is 1.68 bits per heavy atom. The number of nitrogens with one attached hydrogen (secondary N) is 1. The lowest BCUT2D eigenvalue weighted by Crippen LogP contribution is -2.17. The predicted molar refractivity (Wildman–Crippen MR) is 79.6 cm³/mol. The molecule has 0 bridgehead atoms. The number of rotatable bonds is 3. The van der Waals surface area contributed by atoms with Crippen LogP contribution in [-0.2, 0) is 0 Å². The molecule has 0 radical (unpaired) electrons. The maximum absolute atomic E-state index is 12.2. The Balaban J connectivity index is 2.27. The fourth-order valence-electron chi connectivity index (χ4n) is 1.86. The average Bonchev–Trinajstić information content (AvgIpc) is 2.39. The Morgan fingerprint density at radius 1 is 1.05 bits per heavy atom. The molecule has 2 aromatic carbocycles. The third kappa shape index (κ3) is 2.85. The lowest BCUT2D eigenvalue weighted by Gasteiger charge is -2.18. The zero-order valence-corrected chi connectivity index (χ0v) is 11.1. The summed E-state index contributed by atoms with van der Waals surface area (Å²) in [7, 11) is 3.86. The summed E-state index contributed by atoms with van der Waals surface area (Å²) in [6, 6.07) is 14.7. The van der Waals surface area contributed by atoms with Crippen molar-refractivity contribution in [2.24, 2.45) is 0 Å². The first-order valence-electron chi connectivity index (χ1n) is 6.02. The summed E-state index contributed by atoms with van der Waals surface area (Å²) in [6.07, 6.45) is 0. The summed E-state index contributed by atoms with van der Waals surface area (Å²) < 4.78 is 0. The third-order valence-electron chi connectivity index (χ3n) is 2.84. The molecule has 4 nitrogen and oxygen atoms in total. The normalized spacial score (nSPS) is 10.0. The number of para-hydroxylation sites is 3. The standard InChI is InChI=1S/C15H17N3O/c1-18(2)14-10-6-5-9-13(14)17-15(19)11-7-3-4-8-12(11)16/h3-10H,16H2,1-2H3,(H,17,19). The van der Waals surface area contributed by atoms with Gasteiger partial charge in [-0.1, -0.05) is 24.3 Å². The van der Waals surface area contributed by atoms with Crippen molar-refractivity contribution in [2.45, 2.75) is 0 Å². The molecule has 19 heavy (non-hydrogen) atoms. The molecule has 98 valence electrons. The second-order valence-electron chi connectivity index (χ2n) is 4.45. The minimum absolute atomic E-state index is 0.201. The van der Waals surface area contributed by atoms with Gasteiger partial charge in [-0.3, -0.25) is 4.79 Å². The van der Waals surface area contributed by atoms with Crippen molar-refractivity contribution >= 4 is 23.0 Å². The van der Waals surface area contributed by atoms with E-state index < -0.39 is 0 Å². The zero-order valence-electron chi connectivity index (χ0n) is 11.1. The van der Waals surface area contributed by atoms with Crippen LogP contribution in [0, 0.1) is 0 Å². The minimum Gasteiger partial charge on any atom is -0.398 e. The molecule has 0 spiro atoms. The number of nitrogen functional groups attached to an aromatic ring is 1. The van der Waals surface area contributed by atoms with Gasteiger partial charge in [0.1, 0.15) is 0 Å². The van der Waals surface area contributed by atoms with Crippen LogP contribution in [0.15, 0.2) is 48.5 Å². The van der Waals surface area contributed by atoms with Gasteiger partial charge in [-0.2, -0.15) is 0 Å². The van der Waals surface area contributed by atoms with E-state index >= 15 is 0 Å². The highest BCUT2D eigenvalue weighted by molar-refractivity contribution is 6.09. The number of amides is 1. The van der Waals surface area contributed by atoms with Crippen LogP contribution in [0.25, 0.3) is 0 Å². The second kappa shape index (κ2) is 5.44. The molecule has 1 amide bonds. The third-order valence-corrected chi connectivity index (χ3v) is 2.84. The van der Waals surface area contributed by atoms with E-state index in [1.807, 2.05) is 43.3 Å². The molecule has 0 heterocycles. The van der Waals surface area contributed by atoms with E-state index in [2.05, 4.69) is 5.32 Å². The van der Waals surface area contributed by atoms with E-state index in [0.29, 0.717) is 11.3 Å². The predicted octanol–water partition coefficient (Wildman–Crippen LogP) is 2.59. The molecule has 4 heteroatoms. The minimum atomic E-state index is -0.201. The van der Waals surface area contributed by atoms with E-state index in [-0.39, 0.29) is 5.91 Å². The summed E-state index contributed by atoms with van der Waals surface area (Å²) in [5.74, 6) is -0.201. The lowest BCUT2D eigenvalue weighted by molar-refractivity contribution is 0.102. The van der Waals surface area contributed by atoms with Crippen molar-refractivity contribution in [3.8, 4) is 0 Å². The zero-order chi connectivity index (χ0) is 13.8. The first kappa shape index (κ1) is 13.0. The van der Waals surface area contributed by atoms with Crippen molar-refractivity contribution in [3.05, 3.63) is 54.1 Å². The first-order valence-corrected chi connectivity index (χ1v) is 6.02. The van der Waals surface area contributed by atoms with E-state index in [9.17, 15) is 4.79 Å². The summed E-state index contributed by atoms with van der Waals surface area (Å²) >= 11 is 0. The number of benzene rings is 2. The van der Waals surface area contributed by atoms with Gasteiger partial charge in [0.15, 0.2) is 0 Å². The number of hydrogen-bond donors (Lipinski definition) is 2. The largest absolute Gasteiger partial charge is 0.398 e. The molecule has 0 aliphatic rings. The Bertz CT molecular complexity index is 593. The van der Waals surface area contributed by atoms with Crippen LogP contribution < -0.4 is 16.0 Å². The molecule has 0 aliphatic carbocycles. The number of hydrogen-bond acceptors (Lipinski definition) is 3. The summed E-state index contributed by atoms with van der Waals surface area (Å²) in [5, 5.41) is 2.89. The summed E-state index contributed by atoms with van der Waals surface area (Å²) in [5.41, 5.74) is 8.47. The maximum atomic E-state index is 12.2. The number of carbonyl (C=O) groups excluding carboxylic acids is 1. The SMILES string of the molecule is CN(C)c1ccccc1NC(=O)c1ccccc1N. The molecule has 0 fully saturated rings. The Labute approximate surface area is 112 Å². The fourth-order valence-corrected chi connectivity index (χ4v) is 1.86. The highest BCUT2D eigenvalue weighted by Gasteiger charge is 2.11. The quantitative estimate of drug-likeness (QED) is 0.829.